The minimum Gasteiger partial charge on any atom is -0.465 e. The third-order valence-corrected chi connectivity index (χ3v) is 12.6. The summed E-state index contributed by atoms with van der Waals surface area (Å²) in [6.45, 7) is 25.7. The van der Waals surface area contributed by atoms with Gasteiger partial charge in [0.15, 0.2) is 16.6 Å². The lowest BCUT2D eigenvalue weighted by Gasteiger charge is -2.41. The minimum absolute atomic E-state index is 0.142. The first-order valence-electron chi connectivity index (χ1n) is 13.7. The number of carbonyl (C=O) groups excluding carboxylic acids is 1. The molecule has 2 atom stereocenters. The van der Waals surface area contributed by atoms with E-state index in [1.165, 1.54) is 7.11 Å². The number of rotatable bonds is 21. The fourth-order valence-electron chi connectivity index (χ4n) is 5.04. The minimum atomic E-state index is -1.75. The zero-order valence-electron chi connectivity index (χ0n) is 25.6. The molecule has 0 aromatic rings. The molecule has 7 nitrogen and oxygen atoms in total. The van der Waals surface area contributed by atoms with Crippen molar-refractivity contribution in [2.45, 2.75) is 119 Å². The molecule has 2 unspecified atom stereocenters. The van der Waals surface area contributed by atoms with Crippen LogP contribution in [0.4, 0.5) is 0 Å². The average molecular weight is 551 g/mol. The number of hydrogen-bond donors (Lipinski definition) is 0. The van der Waals surface area contributed by atoms with Gasteiger partial charge in [-0.3, -0.25) is 4.79 Å². The summed E-state index contributed by atoms with van der Waals surface area (Å²) in [5.41, 5.74) is -1.12. The molecular weight excluding hydrogens is 492 g/mol. The average Bonchev–Trinajstić information content (AvgIpc) is 2.72. The largest absolute Gasteiger partial charge is 0.465 e. The van der Waals surface area contributed by atoms with E-state index in [4.69, 9.17) is 28.4 Å². The molecule has 0 fully saturated rings. The van der Waals surface area contributed by atoms with Crippen LogP contribution in [0.15, 0.2) is 0 Å². The van der Waals surface area contributed by atoms with Crippen molar-refractivity contribution in [1.82, 2.24) is 0 Å². The van der Waals surface area contributed by atoms with Crippen LogP contribution in [0.2, 0.25) is 38.8 Å². The van der Waals surface area contributed by atoms with Crippen molar-refractivity contribution in [1.29, 1.82) is 0 Å². The third-order valence-electron chi connectivity index (χ3n) is 6.37. The standard InChI is InChI=1S/C27H58O7Si2/c1-13-15-18-31-33-22-25(3,4)20-26(5,23-32-29-7)21-27(6,14-2)24(28)30-17-16-19-36(11,12)34-35(8,9)10/h13-23H2,1-12H3. The van der Waals surface area contributed by atoms with E-state index in [2.05, 4.69) is 60.4 Å². The first kappa shape index (κ1) is 35.7. The molecule has 0 N–H and O–H groups in total. The summed E-state index contributed by atoms with van der Waals surface area (Å²) in [5.74, 6) is -0.142. The van der Waals surface area contributed by atoms with E-state index in [0.717, 1.165) is 31.7 Å². The molecule has 0 aliphatic heterocycles. The highest BCUT2D eigenvalue weighted by molar-refractivity contribution is 6.84. The highest BCUT2D eigenvalue weighted by Crippen LogP contribution is 2.45. The first-order valence-corrected chi connectivity index (χ1v) is 20.2. The van der Waals surface area contributed by atoms with E-state index < -0.39 is 22.0 Å². The van der Waals surface area contributed by atoms with E-state index in [1.807, 2.05) is 13.8 Å². The molecule has 0 heterocycles. The third kappa shape index (κ3) is 15.8. The summed E-state index contributed by atoms with van der Waals surface area (Å²) in [5, 5.41) is 0. The van der Waals surface area contributed by atoms with Crippen molar-refractivity contribution in [3.63, 3.8) is 0 Å². The van der Waals surface area contributed by atoms with Crippen LogP contribution in [0.25, 0.3) is 0 Å². The molecule has 0 aromatic carbocycles. The maximum atomic E-state index is 13.3. The van der Waals surface area contributed by atoms with Crippen molar-refractivity contribution in [2.24, 2.45) is 16.2 Å². The highest BCUT2D eigenvalue weighted by Gasteiger charge is 2.43. The van der Waals surface area contributed by atoms with Crippen LogP contribution in [-0.2, 0) is 33.2 Å². The maximum absolute atomic E-state index is 13.3. The second-order valence-electron chi connectivity index (χ2n) is 13.3. The lowest BCUT2D eigenvalue weighted by Crippen LogP contribution is -2.42. The Morgan fingerprint density at radius 1 is 0.806 bits per heavy atom. The SMILES string of the molecule is CCCCOOCC(C)(C)CC(C)(COOC)CC(C)(CC)C(=O)OCCC[Si](C)(C)O[Si](C)(C)C. The predicted octanol–water partition coefficient (Wildman–Crippen LogP) is 7.53. The molecule has 0 saturated heterocycles. The summed E-state index contributed by atoms with van der Waals surface area (Å²) in [7, 11) is -1.80. The van der Waals surface area contributed by atoms with Crippen molar-refractivity contribution < 1.29 is 33.2 Å². The fourth-order valence-corrected chi connectivity index (χ4v) is 13.1. The fraction of sp³-hybridized carbons (Fsp3) is 0.963. The Balaban J connectivity index is 5.14. The summed E-state index contributed by atoms with van der Waals surface area (Å²) in [4.78, 5) is 34.5. The van der Waals surface area contributed by atoms with E-state index >= 15 is 0 Å². The summed E-state index contributed by atoms with van der Waals surface area (Å²) < 4.78 is 12.2. The summed E-state index contributed by atoms with van der Waals surface area (Å²) in [6.07, 6.45) is 4.96. The lowest BCUT2D eigenvalue weighted by atomic mass is 9.65. The lowest BCUT2D eigenvalue weighted by molar-refractivity contribution is -0.314. The Labute approximate surface area is 224 Å². The van der Waals surface area contributed by atoms with Crippen molar-refractivity contribution in [3.8, 4) is 0 Å². The van der Waals surface area contributed by atoms with E-state index in [9.17, 15) is 4.79 Å². The molecule has 0 amide bonds. The van der Waals surface area contributed by atoms with E-state index in [-0.39, 0.29) is 16.8 Å². The monoisotopic (exact) mass is 550 g/mol. The van der Waals surface area contributed by atoms with Gasteiger partial charge < -0.3 is 8.85 Å². The quantitative estimate of drug-likeness (QED) is 0.0481. The Bertz CT molecular complexity index is 622. The van der Waals surface area contributed by atoms with Gasteiger partial charge in [0, 0.05) is 0 Å². The van der Waals surface area contributed by atoms with Crippen LogP contribution in [0.1, 0.15) is 80.1 Å². The van der Waals surface area contributed by atoms with Gasteiger partial charge in [0.25, 0.3) is 0 Å². The van der Waals surface area contributed by atoms with Crippen molar-refractivity contribution >= 4 is 22.6 Å². The second kappa shape index (κ2) is 16.0. The van der Waals surface area contributed by atoms with Crippen molar-refractivity contribution in [3.05, 3.63) is 0 Å². The smallest absolute Gasteiger partial charge is 0.311 e. The molecule has 0 rings (SSSR count). The van der Waals surface area contributed by atoms with E-state index in [1.54, 1.807) is 0 Å². The molecule has 9 heteroatoms. The zero-order chi connectivity index (χ0) is 28.1. The number of ether oxygens (including phenoxy) is 1. The Morgan fingerprint density at radius 3 is 1.97 bits per heavy atom. The normalized spacial score (nSPS) is 16.4. The van der Waals surface area contributed by atoms with Crippen molar-refractivity contribution in [2.75, 3.05) is 33.5 Å². The number of esters is 1. The van der Waals surface area contributed by atoms with Gasteiger partial charge in [0.2, 0.25) is 0 Å². The van der Waals surface area contributed by atoms with Crippen LogP contribution < -0.4 is 0 Å². The number of unbranched alkanes of at least 4 members (excludes halogenated alkanes) is 1. The molecular formula is C27H58O7Si2. The Morgan fingerprint density at radius 2 is 1.44 bits per heavy atom. The van der Waals surface area contributed by atoms with Gasteiger partial charge in [-0.25, -0.2) is 19.6 Å². The van der Waals surface area contributed by atoms with Crippen LogP contribution in [0.3, 0.4) is 0 Å². The number of hydrogen-bond acceptors (Lipinski definition) is 7. The molecule has 0 bridgehead atoms. The van der Waals surface area contributed by atoms with Crippen LogP contribution in [0.5, 0.6) is 0 Å². The van der Waals surface area contributed by atoms with Crippen LogP contribution >= 0.6 is 0 Å². The second-order valence-corrected chi connectivity index (χ2v) is 22.4. The first-order chi connectivity index (χ1) is 16.4. The molecule has 0 radical (unpaired) electrons. The van der Waals surface area contributed by atoms with Gasteiger partial charge in [0.05, 0.1) is 39.0 Å². The molecule has 216 valence electrons. The van der Waals surface area contributed by atoms with Gasteiger partial charge in [-0.1, -0.05) is 41.0 Å². The van der Waals surface area contributed by atoms with Gasteiger partial charge in [0.1, 0.15) is 0 Å². The van der Waals surface area contributed by atoms with E-state index in [0.29, 0.717) is 39.3 Å². The summed E-state index contributed by atoms with van der Waals surface area (Å²) >= 11 is 0. The molecule has 0 aromatic heterocycles. The highest BCUT2D eigenvalue weighted by atomic mass is 28.4. The predicted molar refractivity (Wildman–Crippen MR) is 152 cm³/mol. The molecule has 0 saturated carbocycles. The van der Waals surface area contributed by atoms with Gasteiger partial charge in [-0.05, 0) is 88.6 Å². The topological polar surface area (TPSA) is 72.5 Å². The maximum Gasteiger partial charge on any atom is 0.311 e. The Hall–Kier alpha value is -0.296. The zero-order valence-corrected chi connectivity index (χ0v) is 27.6. The molecule has 0 aliphatic carbocycles. The van der Waals surface area contributed by atoms with Gasteiger partial charge in [-0.15, -0.1) is 0 Å². The number of carbonyl (C=O) groups is 1. The molecule has 0 spiro atoms. The molecule has 0 aliphatic rings. The summed E-state index contributed by atoms with van der Waals surface area (Å²) in [6, 6.07) is 0.987. The van der Waals surface area contributed by atoms with Crippen LogP contribution in [0, 0.1) is 16.2 Å². The Kier molecular flexibility index (Phi) is 15.8. The van der Waals surface area contributed by atoms with Gasteiger partial charge >= 0.3 is 5.97 Å². The van der Waals surface area contributed by atoms with Crippen LogP contribution in [-0.4, -0.2) is 56.1 Å². The molecule has 36 heavy (non-hydrogen) atoms. The van der Waals surface area contributed by atoms with Gasteiger partial charge in [-0.2, -0.15) is 0 Å².